The first-order valence-corrected chi connectivity index (χ1v) is 7.32. The third kappa shape index (κ3) is 6.82. The number of ether oxygens (including phenoxy) is 1. The van der Waals surface area contributed by atoms with Crippen LogP contribution < -0.4 is 0 Å². The third-order valence-electron chi connectivity index (χ3n) is 2.39. The van der Waals surface area contributed by atoms with Gasteiger partial charge >= 0.3 is 6.09 Å². The Kier molecular flexibility index (Phi) is 6.36. The number of hydrogen-bond donors (Lipinski definition) is 0. The molecule has 0 aliphatic heterocycles. The van der Waals surface area contributed by atoms with Gasteiger partial charge in [0.1, 0.15) is 5.60 Å². The van der Waals surface area contributed by atoms with Gasteiger partial charge in [-0.25, -0.2) is 4.79 Å². The van der Waals surface area contributed by atoms with E-state index in [4.69, 9.17) is 8.92 Å². The van der Waals surface area contributed by atoms with E-state index in [0.29, 0.717) is 13.2 Å². The highest BCUT2D eigenvalue weighted by Crippen LogP contribution is 2.19. The third-order valence-corrected chi connectivity index (χ3v) is 3.14. The molecule has 0 N–H and O–H groups in total. The van der Waals surface area contributed by atoms with Gasteiger partial charge in [-0.05, 0) is 39.8 Å². The number of aryl methyl sites for hydroxylation is 1. The summed E-state index contributed by atoms with van der Waals surface area (Å²) in [6.45, 7) is 8.54. The van der Waals surface area contributed by atoms with Gasteiger partial charge in [0.25, 0.3) is 0 Å². The van der Waals surface area contributed by atoms with Crippen molar-refractivity contribution in [3.63, 3.8) is 0 Å². The molecule has 0 fully saturated rings. The van der Waals surface area contributed by atoms with Crippen molar-refractivity contribution < 1.29 is 13.7 Å². The largest absolute Gasteiger partial charge is 0.444 e. The van der Waals surface area contributed by atoms with Crippen LogP contribution in [-0.2, 0) is 8.92 Å². The summed E-state index contributed by atoms with van der Waals surface area (Å²) in [6.07, 6.45) is -0.332. The maximum absolute atomic E-state index is 11.7. The van der Waals surface area contributed by atoms with Gasteiger partial charge in [-0.1, -0.05) is 17.7 Å². The molecule has 0 saturated heterocycles. The molecule has 0 atom stereocenters. The molecule has 0 saturated carbocycles. The fraction of sp³-hybridized carbons (Fsp3) is 0.533. The second kappa shape index (κ2) is 7.55. The summed E-state index contributed by atoms with van der Waals surface area (Å²) < 4.78 is 10.7. The molecule has 112 valence electrons. The molecule has 1 aromatic carbocycles. The maximum atomic E-state index is 11.7. The molecule has 5 heteroatoms. The van der Waals surface area contributed by atoms with Crippen molar-refractivity contribution in [3.8, 4) is 0 Å². The second-order valence-corrected chi connectivity index (χ2v) is 6.49. The molecule has 0 aliphatic rings. The first-order chi connectivity index (χ1) is 9.28. The quantitative estimate of drug-likeness (QED) is 0.610. The topological polar surface area (TPSA) is 38.8 Å². The predicted octanol–water partition coefficient (Wildman–Crippen LogP) is 3.89. The molecule has 0 radical (unpaired) electrons. The Morgan fingerprint density at radius 3 is 2.40 bits per heavy atom. The van der Waals surface area contributed by atoms with E-state index in [1.807, 2.05) is 52.0 Å². The van der Waals surface area contributed by atoms with Crippen LogP contribution in [0.3, 0.4) is 0 Å². The van der Waals surface area contributed by atoms with E-state index in [-0.39, 0.29) is 6.09 Å². The molecule has 1 amide bonds. The van der Waals surface area contributed by atoms with Crippen molar-refractivity contribution >= 4 is 18.1 Å². The van der Waals surface area contributed by atoms with Gasteiger partial charge in [-0.2, -0.15) is 0 Å². The summed E-state index contributed by atoms with van der Waals surface area (Å²) in [5, 5.41) is 0. The van der Waals surface area contributed by atoms with E-state index in [2.05, 4.69) is 0 Å². The highest BCUT2D eigenvalue weighted by Gasteiger charge is 2.19. The van der Waals surface area contributed by atoms with Crippen molar-refractivity contribution in [2.45, 2.75) is 38.2 Å². The van der Waals surface area contributed by atoms with Gasteiger partial charge in [0.15, 0.2) is 0 Å². The first kappa shape index (κ1) is 16.9. The van der Waals surface area contributed by atoms with E-state index < -0.39 is 5.60 Å². The summed E-state index contributed by atoms with van der Waals surface area (Å²) in [6, 6.07) is 8.10. The zero-order chi connectivity index (χ0) is 15.2. The average Bonchev–Trinajstić information content (AvgIpc) is 2.34. The predicted molar refractivity (Wildman–Crippen MR) is 81.9 cm³/mol. The molecule has 4 nitrogen and oxygen atoms in total. The van der Waals surface area contributed by atoms with Crippen LogP contribution in [0.4, 0.5) is 4.79 Å². The molecule has 0 aromatic heterocycles. The molecule has 0 spiro atoms. The Hall–Kier alpha value is -1.20. The molecule has 1 aromatic rings. The highest BCUT2D eigenvalue weighted by molar-refractivity contribution is 7.94. The Morgan fingerprint density at radius 2 is 1.85 bits per heavy atom. The SMILES string of the molecule is Cc1ccc(SOCCN(C)C(=O)OC(C)(C)C)cc1. The number of amides is 1. The van der Waals surface area contributed by atoms with Crippen LogP contribution in [0.15, 0.2) is 29.2 Å². The lowest BCUT2D eigenvalue weighted by Gasteiger charge is -2.24. The lowest BCUT2D eigenvalue weighted by atomic mass is 10.2. The average molecular weight is 297 g/mol. The summed E-state index contributed by atoms with van der Waals surface area (Å²) in [5.41, 5.74) is 0.752. The van der Waals surface area contributed by atoms with Gasteiger partial charge in [0.2, 0.25) is 0 Å². The van der Waals surface area contributed by atoms with Crippen molar-refractivity contribution in [1.29, 1.82) is 0 Å². The first-order valence-electron chi connectivity index (χ1n) is 6.58. The number of hydrogen-bond acceptors (Lipinski definition) is 4. The standard InChI is InChI=1S/C15H23NO3S/c1-12-6-8-13(9-7-12)20-18-11-10-16(5)14(17)19-15(2,3)4/h6-9H,10-11H2,1-5H3. The van der Waals surface area contributed by atoms with Crippen molar-refractivity contribution in [1.82, 2.24) is 4.90 Å². The summed E-state index contributed by atoms with van der Waals surface area (Å²) in [7, 11) is 1.70. The molecule has 0 heterocycles. The van der Waals surface area contributed by atoms with Crippen LogP contribution in [0.5, 0.6) is 0 Å². The monoisotopic (exact) mass is 297 g/mol. The number of carbonyl (C=O) groups excluding carboxylic acids is 1. The molecular weight excluding hydrogens is 274 g/mol. The van der Waals surface area contributed by atoms with Crippen molar-refractivity contribution in [2.75, 3.05) is 20.2 Å². The Balaban J connectivity index is 2.23. The molecule has 0 bridgehead atoms. The smallest absolute Gasteiger partial charge is 0.410 e. The Morgan fingerprint density at radius 1 is 1.25 bits per heavy atom. The lowest BCUT2D eigenvalue weighted by Crippen LogP contribution is -2.35. The van der Waals surface area contributed by atoms with Gasteiger partial charge in [-0.15, -0.1) is 0 Å². The van der Waals surface area contributed by atoms with Gasteiger partial charge in [0, 0.05) is 30.5 Å². The van der Waals surface area contributed by atoms with Gasteiger partial charge in [0.05, 0.1) is 6.61 Å². The number of benzene rings is 1. The van der Waals surface area contributed by atoms with Crippen molar-refractivity contribution in [3.05, 3.63) is 29.8 Å². The normalized spacial score (nSPS) is 11.2. The van der Waals surface area contributed by atoms with Crippen molar-refractivity contribution in [2.24, 2.45) is 0 Å². The molecule has 0 aliphatic carbocycles. The fourth-order valence-electron chi connectivity index (χ4n) is 1.31. The highest BCUT2D eigenvalue weighted by atomic mass is 32.2. The van der Waals surface area contributed by atoms with Crippen LogP contribution in [0.1, 0.15) is 26.3 Å². The van der Waals surface area contributed by atoms with E-state index >= 15 is 0 Å². The van der Waals surface area contributed by atoms with Crippen LogP contribution in [-0.4, -0.2) is 36.8 Å². The Labute approximate surface area is 125 Å². The molecular formula is C15H23NO3S. The van der Waals surface area contributed by atoms with Crippen LogP contribution in [0.2, 0.25) is 0 Å². The number of carbonyl (C=O) groups is 1. The van der Waals surface area contributed by atoms with Crippen LogP contribution >= 0.6 is 12.0 Å². The van der Waals surface area contributed by atoms with Crippen LogP contribution in [0, 0.1) is 6.92 Å². The second-order valence-electron chi connectivity index (χ2n) is 5.62. The van der Waals surface area contributed by atoms with Gasteiger partial charge in [-0.3, -0.25) is 0 Å². The Bertz CT molecular complexity index is 426. The zero-order valence-electron chi connectivity index (χ0n) is 12.8. The van der Waals surface area contributed by atoms with E-state index in [1.54, 1.807) is 7.05 Å². The molecule has 0 unspecified atom stereocenters. The van der Waals surface area contributed by atoms with Gasteiger partial charge < -0.3 is 13.8 Å². The minimum absolute atomic E-state index is 0.332. The molecule has 20 heavy (non-hydrogen) atoms. The minimum Gasteiger partial charge on any atom is -0.444 e. The van der Waals surface area contributed by atoms with Crippen LogP contribution in [0.25, 0.3) is 0 Å². The van der Waals surface area contributed by atoms with E-state index in [9.17, 15) is 4.79 Å². The minimum atomic E-state index is -0.469. The number of likely N-dealkylation sites (N-methyl/N-ethyl adjacent to an activating group) is 1. The summed E-state index contributed by atoms with van der Waals surface area (Å²) >= 11 is 1.32. The summed E-state index contributed by atoms with van der Waals surface area (Å²) in [5.74, 6) is 0. The lowest BCUT2D eigenvalue weighted by molar-refractivity contribution is 0.0282. The number of rotatable bonds is 5. The fourth-order valence-corrected chi connectivity index (χ4v) is 1.85. The maximum Gasteiger partial charge on any atom is 0.410 e. The number of nitrogens with zero attached hydrogens (tertiary/aromatic N) is 1. The summed E-state index contributed by atoms with van der Waals surface area (Å²) in [4.78, 5) is 14.3. The zero-order valence-corrected chi connectivity index (χ0v) is 13.6. The van der Waals surface area contributed by atoms with E-state index in [0.717, 1.165) is 4.90 Å². The van der Waals surface area contributed by atoms with E-state index in [1.165, 1.54) is 22.5 Å². The molecule has 1 rings (SSSR count).